The molecule has 0 spiro atoms. The van der Waals surface area contributed by atoms with Crippen LogP contribution < -0.4 is 5.32 Å². The van der Waals surface area contributed by atoms with Gasteiger partial charge in [0.1, 0.15) is 0 Å². The molecule has 0 fully saturated rings. The molecule has 3 nitrogen and oxygen atoms in total. The highest BCUT2D eigenvalue weighted by atomic mass is 16.3. The largest absolute Gasteiger partial charge is 0.459 e. The summed E-state index contributed by atoms with van der Waals surface area (Å²) in [7, 11) is 0. The van der Waals surface area contributed by atoms with Gasteiger partial charge >= 0.3 is 0 Å². The molecule has 0 aliphatic heterocycles. The number of carbonyl (C=O) groups is 1. The summed E-state index contributed by atoms with van der Waals surface area (Å²) in [6.07, 6.45) is 1.49. The third-order valence-corrected chi connectivity index (χ3v) is 3.61. The zero-order valence-corrected chi connectivity index (χ0v) is 12.3. The zero-order valence-electron chi connectivity index (χ0n) is 12.3. The number of benzene rings is 2. The van der Waals surface area contributed by atoms with Gasteiger partial charge in [0.05, 0.1) is 12.3 Å². The van der Waals surface area contributed by atoms with E-state index in [2.05, 4.69) is 29.6 Å². The Morgan fingerprint density at radius 3 is 2.23 bits per heavy atom. The van der Waals surface area contributed by atoms with Crippen molar-refractivity contribution in [3.05, 3.63) is 84.3 Å². The molecule has 0 saturated heterocycles. The van der Waals surface area contributed by atoms with E-state index in [1.165, 1.54) is 11.8 Å². The van der Waals surface area contributed by atoms with E-state index < -0.39 is 0 Å². The number of furan rings is 1. The molecule has 1 heterocycles. The maximum atomic E-state index is 12.0. The van der Waals surface area contributed by atoms with E-state index in [0.717, 1.165) is 11.1 Å². The first kappa shape index (κ1) is 14.1. The highest BCUT2D eigenvalue weighted by Crippen LogP contribution is 2.22. The van der Waals surface area contributed by atoms with E-state index in [9.17, 15) is 4.79 Å². The van der Waals surface area contributed by atoms with Gasteiger partial charge in [0, 0.05) is 0 Å². The minimum atomic E-state index is -0.204. The van der Waals surface area contributed by atoms with Crippen LogP contribution in [-0.2, 0) is 0 Å². The van der Waals surface area contributed by atoms with Crippen LogP contribution in [0, 0.1) is 0 Å². The lowest BCUT2D eigenvalue weighted by Gasteiger charge is -2.14. The molecule has 0 aliphatic carbocycles. The molecular weight excluding hydrogens is 274 g/mol. The summed E-state index contributed by atoms with van der Waals surface area (Å²) in [6.45, 7) is 1.96. The summed E-state index contributed by atoms with van der Waals surface area (Å²) in [6, 6.07) is 21.7. The first-order chi connectivity index (χ1) is 10.7. The van der Waals surface area contributed by atoms with Crippen LogP contribution in [0.5, 0.6) is 0 Å². The molecule has 3 aromatic rings. The number of carbonyl (C=O) groups excluding carboxylic acids is 1. The van der Waals surface area contributed by atoms with Crippen molar-refractivity contribution in [2.75, 3.05) is 0 Å². The second-order valence-electron chi connectivity index (χ2n) is 5.16. The molecule has 1 atom stereocenters. The molecule has 0 unspecified atom stereocenters. The van der Waals surface area contributed by atoms with Crippen molar-refractivity contribution >= 4 is 5.91 Å². The number of nitrogens with one attached hydrogen (secondary N) is 1. The van der Waals surface area contributed by atoms with Gasteiger partial charge in [-0.05, 0) is 35.7 Å². The lowest BCUT2D eigenvalue weighted by atomic mass is 10.0. The molecule has 1 aromatic heterocycles. The Kier molecular flexibility index (Phi) is 4.05. The molecule has 1 amide bonds. The van der Waals surface area contributed by atoms with Crippen LogP contribution in [0.25, 0.3) is 11.1 Å². The lowest BCUT2D eigenvalue weighted by Crippen LogP contribution is -2.26. The van der Waals surface area contributed by atoms with Crippen molar-refractivity contribution in [2.24, 2.45) is 0 Å². The van der Waals surface area contributed by atoms with Gasteiger partial charge in [-0.3, -0.25) is 4.79 Å². The normalized spacial score (nSPS) is 11.9. The Hall–Kier alpha value is -2.81. The van der Waals surface area contributed by atoms with Gasteiger partial charge in [-0.2, -0.15) is 0 Å². The summed E-state index contributed by atoms with van der Waals surface area (Å²) >= 11 is 0. The predicted octanol–water partition coefficient (Wildman–Crippen LogP) is 4.44. The smallest absolute Gasteiger partial charge is 0.287 e. The van der Waals surface area contributed by atoms with E-state index in [4.69, 9.17) is 4.42 Å². The minimum absolute atomic E-state index is 0.0811. The van der Waals surface area contributed by atoms with Crippen molar-refractivity contribution in [1.29, 1.82) is 0 Å². The second-order valence-corrected chi connectivity index (χ2v) is 5.16. The lowest BCUT2D eigenvalue weighted by molar-refractivity contribution is 0.0912. The summed E-state index contributed by atoms with van der Waals surface area (Å²) in [5.41, 5.74) is 3.40. The fourth-order valence-corrected chi connectivity index (χ4v) is 2.35. The van der Waals surface area contributed by atoms with E-state index >= 15 is 0 Å². The Morgan fingerprint density at radius 1 is 0.909 bits per heavy atom. The predicted molar refractivity (Wildman–Crippen MR) is 86.5 cm³/mol. The van der Waals surface area contributed by atoms with Gasteiger partial charge in [0.25, 0.3) is 5.91 Å². The SMILES string of the molecule is C[C@@H](NC(=O)c1ccco1)c1ccc(-c2ccccc2)cc1. The van der Waals surface area contributed by atoms with Gasteiger partial charge in [-0.15, -0.1) is 0 Å². The number of hydrogen-bond donors (Lipinski definition) is 1. The molecule has 0 radical (unpaired) electrons. The molecule has 0 bridgehead atoms. The fraction of sp³-hybridized carbons (Fsp3) is 0.105. The molecule has 2 aromatic carbocycles. The van der Waals surface area contributed by atoms with Gasteiger partial charge in [-0.25, -0.2) is 0 Å². The average Bonchev–Trinajstić information content (AvgIpc) is 3.10. The highest BCUT2D eigenvalue weighted by Gasteiger charge is 2.13. The second kappa shape index (κ2) is 6.31. The van der Waals surface area contributed by atoms with Gasteiger partial charge < -0.3 is 9.73 Å². The third kappa shape index (κ3) is 3.09. The minimum Gasteiger partial charge on any atom is -0.459 e. The number of hydrogen-bond acceptors (Lipinski definition) is 2. The maximum Gasteiger partial charge on any atom is 0.287 e. The van der Waals surface area contributed by atoms with Crippen LogP contribution in [0.1, 0.15) is 29.1 Å². The van der Waals surface area contributed by atoms with Crippen LogP contribution >= 0.6 is 0 Å². The summed E-state index contributed by atoms with van der Waals surface area (Å²) in [4.78, 5) is 12.0. The van der Waals surface area contributed by atoms with Crippen molar-refractivity contribution in [2.45, 2.75) is 13.0 Å². The fourth-order valence-electron chi connectivity index (χ4n) is 2.35. The Labute approximate surface area is 129 Å². The Morgan fingerprint density at radius 2 is 1.59 bits per heavy atom. The summed E-state index contributed by atoms with van der Waals surface area (Å²) in [5.74, 6) is 0.123. The highest BCUT2D eigenvalue weighted by molar-refractivity contribution is 5.91. The number of amides is 1. The van der Waals surface area contributed by atoms with Crippen molar-refractivity contribution < 1.29 is 9.21 Å². The maximum absolute atomic E-state index is 12.0. The van der Waals surface area contributed by atoms with Crippen LogP contribution in [0.3, 0.4) is 0 Å². The van der Waals surface area contributed by atoms with Crippen LogP contribution in [-0.4, -0.2) is 5.91 Å². The van der Waals surface area contributed by atoms with E-state index in [-0.39, 0.29) is 11.9 Å². The molecule has 3 heteroatoms. The first-order valence-corrected chi connectivity index (χ1v) is 7.24. The van der Waals surface area contributed by atoms with Crippen LogP contribution in [0.2, 0.25) is 0 Å². The molecule has 22 heavy (non-hydrogen) atoms. The van der Waals surface area contributed by atoms with Crippen molar-refractivity contribution in [3.63, 3.8) is 0 Å². The Bertz CT molecular complexity index is 731. The average molecular weight is 291 g/mol. The first-order valence-electron chi connectivity index (χ1n) is 7.24. The molecule has 1 N–H and O–H groups in total. The number of rotatable bonds is 4. The van der Waals surface area contributed by atoms with Crippen molar-refractivity contribution in [3.8, 4) is 11.1 Å². The van der Waals surface area contributed by atoms with Crippen molar-refractivity contribution in [1.82, 2.24) is 5.32 Å². The summed E-state index contributed by atoms with van der Waals surface area (Å²) in [5, 5.41) is 2.93. The third-order valence-electron chi connectivity index (χ3n) is 3.61. The molecule has 0 saturated carbocycles. The molecule has 3 rings (SSSR count). The van der Waals surface area contributed by atoms with Gasteiger partial charge in [-0.1, -0.05) is 54.6 Å². The monoisotopic (exact) mass is 291 g/mol. The van der Waals surface area contributed by atoms with E-state index in [1.54, 1.807) is 12.1 Å². The zero-order chi connectivity index (χ0) is 15.4. The van der Waals surface area contributed by atoms with Crippen LogP contribution in [0.15, 0.2) is 77.4 Å². The molecular formula is C19H17NO2. The summed E-state index contributed by atoms with van der Waals surface area (Å²) < 4.78 is 5.10. The van der Waals surface area contributed by atoms with Crippen LogP contribution in [0.4, 0.5) is 0 Å². The quantitative estimate of drug-likeness (QED) is 0.772. The van der Waals surface area contributed by atoms with Gasteiger partial charge in [0.15, 0.2) is 5.76 Å². The molecule has 110 valence electrons. The standard InChI is InChI=1S/C19H17NO2/c1-14(20-19(21)18-8-5-13-22-18)15-9-11-17(12-10-15)16-6-3-2-4-7-16/h2-14H,1H3,(H,20,21)/t14-/m1/s1. The Balaban J connectivity index is 1.71. The topological polar surface area (TPSA) is 42.2 Å². The molecule has 0 aliphatic rings. The van der Waals surface area contributed by atoms with E-state index in [1.807, 2.05) is 37.3 Å². The van der Waals surface area contributed by atoms with E-state index in [0.29, 0.717) is 5.76 Å². The van der Waals surface area contributed by atoms with Gasteiger partial charge in [0.2, 0.25) is 0 Å².